The molecule has 3 nitrogen and oxygen atoms in total. The summed E-state index contributed by atoms with van der Waals surface area (Å²) in [5.74, 6) is 5.67. The minimum absolute atomic E-state index is 0.116. The van der Waals surface area contributed by atoms with E-state index in [-0.39, 0.29) is 17.4 Å². The summed E-state index contributed by atoms with van der Waals surface area (Å²) in [6.07, 6.45) is 1.95. The molecule has 1 rings (SSSR count). The van der Waals surface area contributed by atoms with E-state index in [1.807, 2.05) is 18.2 Å². The molecular weight excluding hydrogens is 250 g/mol. The highest BCUT2D eigenvalue weighted by molar-refractivity contribution is 5.25. The molecule has 1 aromatic rings. The Morgan fingerprint density at radius 2 is 1.80 bits per heavy atom. The molecule has 3 N–H and O–H groups in total. The Bertz CT molecular complexity index is 391. The van der Waals surface area contributed by atoms with Crippen molar-refractivity contribution < 1.29 is 9.94 Å². The van der Waals surface area contributed by atoms with Gasteiger partial charge < -0.3 is 9.94 Å². The maximum Gasteiger partial charge on any atom is 0.0773 e. The summed E-state index contributed by atoms with van der Waals surface area (Å²) in [6.45, 7) is 9.50. The molecule has 0 amide bonds. The van der Waals surface area contributed by atoms with Crippen LogP contribution in [0.15, 0.2) is 30.3 Å². The van der Waals surface area contributed by atoms with Crippen molar-refractivity contribution in [3.8, 4) is 0 Å². The van der Waals surface area contributed by atoms with Crippen molar-refractivity contribution >= 4 is 0 Å². The first-order valence-electron chi connectivity index (χ1n) is 7.31. The number of benzene rings is 1. The van der Waals surface area contributed by atoms with Crippen molar-refractivity contribution in [2.24, 2.45) is 17.2 Å². The minimum Gasteiger partial charge on any atom is -0.396 e. The third kappa shape index (κ3) is 4.89. The van der Waals surface area contributed by atoms with Crippen molar-refractivity contribution in [1.82, 2.24) is 0 Å². The highest BCUT2D eigenvalue weighted by Crippen LogP contribution is 2.40. The monoisotopic (exact) mass is 279 g/mol. The van der Waals surface area contributed by atoms with Crippen LogP contribution in [0.2, 0.25) is 0 Å². The number of hydrogen-bond acceptors (Lipinski definition) is 3. The van der Waals surface area contributed by atoms with Gasteiger partial charge in [-0.15, -0.1) is 0 Å². The standard InChI is InChI=1S/C17H29NO2/c1-14(11-19)10-16(2,3)12-17(4,13-20-18)15-8-6-5-7-9-15/h5-9,14,19H,10-13,18H2,1-4H3. The molecule has 1 aromatic carbocycles. The summed E-state index contributed by atoms with van der Waals surface area (Å²) >= 11 is 0. The normalized spacial score (nSPS) is 16.7. The third-order valence-corrected chi connectivity index (χ3v) is 3.95. The van der Waals surface area contributed by atoms with Gasteiger partial charge in [-0.05, 0) is 29.7 Å². The summed E-state index contributed by atoms with van der Waals surface area (Å²) in [6, 6.07) is 10.4. The maximum absolute atomic E-state index is 9.27. The minimum atomic E-state index is -0.116. The van der Waals surface area contributed by atoms with E-state index < -0.39 is 0 Å². The van der Waals surface area contributed by atoms with Crippen LogP contribution in [0.3, 0.4) is 0 Å². The smallest absolute Gasteiger partial charge is 0.0773 e. The predicted molar refractivity (Wildman–Crippen MR) is 83.2 cm³/mol. The molecule has 2 atom stereocenters. The molecule has 0 saturated heterocycles. The van der Waals surface area contributed by atoms with Gasteiger partial charge in [0.15, 0.2) is 0 Å². The SMILES string of the molecule is CC(CO)CC(C)(C)CC(C)(CON)c1ccccc1. The van der Waals surface area contributed by atoms with Gasteiger partial charge in [-0.2, -0.15) is 0 Å². The molecule has 3 heteroatoms. The fourth-order valence-electron chi connectivity index (χ4n) is 3.40. The van der Waals surface area contributed by atoms with Crippen molar-refractivity contribution in [3.05, 3.63) is 35.9 Å². The fourth-order valence-corrected chi connectivity index (χ4v) is 3.40. The van der Waals surface area contributed by atoms with Crippen LogP contribution in [0.5, 0.6) is 0 Å². The van der Waals surface area contributed by atoms with Crippen LogP contribution in [0.4, 0.5) is 0 Å². The van der Waals surface area contributed by atoms with Crippen LogP contribution in [0, 0.1) is 11.3 Å². The zero-order valence-corrected chi connectivity index (χ0v) is 13.2. The van der Waals surface area contributed by atoms with E-state index in [0.717, 1.165) is 12.8 Å². The topological polar surface area (TPSA) is 55.5 Å². The Hall–Kier alpha value is -0.900. The Balaban J connectivity index is 2.91. The van der Waals surface area contributed by atoms with Crippen molar-refractivity contribution in [2.75, 3.05) is 13.2 Å². The first-order valence-corrected chi connectivity index (χ1v) is 7.31. The van der Waals surface area contributed by atoms with Crippen LogP contribution in [0.1, 0.15) is 46.1 Å². The average molecular weight is 279 g/mol. The van der Waals surface area contributed by atoms with Crippen molar-refractivity contribution in [3.63, 3.8) is 0 Å². The molecule has 20 heavy (non-hydrogen) atoms. The summed E-state index contributed by atoms with van der Waals surface area (Å²) < 4.78 is 0. The van der Waals surface area contributed by atoms with Crippen molar-refractivity contribution in [2.45, 2.75) is 46.0 Å². The van der Waals surface area contributed by atoms with E-state index in [9.17, 15) is 5.11 Å². The molecule has 0 aliphatic carbocycles. The second-order valence-electron chi connectivity index (χ2n) is 7.07. The second kappa shape index (κ2) is 7.21. The van der Waals surface area contributed by atoms with Gasteiger partial charge in [0.05, 0.1) is 6.61 Å². The Labute approximate surface area is 123 Å². The molecule has 0 fully saturated rings. The van der Waals surface area contributed by atoms with Crippen LogP contribution in [-0.2, 0) is 10.3 Å². The molecule has 0 bridgehead atoms. The molecule has 0 spiro atoms. The van der Waals surface area contributed by atoms with E-state index in [0.29, 0.717) is 12.5 Å². The lowest BCUT2D eigenvalue weighted by Crippen LogP contribution is -2.36. The molecule has 0 aromatic heterocycles. The zero-order chi connectivity index (χ0) is 15.2. The highest BCUT2D eigenvalue weighted by Gasteiger charge is 2.35. The number of hydrogen-bond donors (Lipinski definition) is 2. The Kier molecular flexibility index (Phi) is 6.18. The molecule has 0 radical (unpaired) electrons. The summed E-state index contributed by atoms with van der Waals surface area (Å²) in [5.41, 5.74) is 1.25. The van der Waals surface area contributed by atoms with Crippen LogP contribution < -0.4 is 5.90 Å². The van der Waals surface area contributed by atoms with E-state index in [4.69, 9.17) is 10.7 Å². The van der Waals surface area contributed by atoms with Gasteiger partial charge in [-0.1, -0.05) is 58.0 Å². The molecule has 2 unspecified atom stereocenters. The van der Waals surface area contributed by atoms with E-state index >= 15 is 0 Å². The first kappa shape index (κ1) is 17.2. The quantitative estimate of drug-likeness (QED) is 0.718. The third-order valence-electron chi connectivity index (χ3n) is 3.95. The Morgan fingerprint density at radius 3 is 2.30 bits per heavy atom. The number of aliphatic hydroxyl groups excluding tert-OH is 1. The second-order valence-corrected chi connectivity index (χ2v) is 7.07. The van der Waals surface area contributed by atoms with Gasteiger partial charge >= 0.3 is 0 Å². The van der Waals surface area contributed by atoms with Gasteiger partial charge in [0, 0.05) is 12.0 Å². The largest absolute Gasteiger partial charge is 0.396 e. The number of aliphatic hydroxyl groups is 1. The first-order chi connectivity index (χ1) is 9.33. The average Bonchev–Trinajstić information content (AvgIpc) is 2.38. The molecule has 0 aliphatic rings. The molecule has 114 valence electrons. The van der Waals surface area contributed by atoms with Gasteiger partial charge in [0.25, 0.3) is 0 Å². The number of rotatable bonds is 8. The van der Waals surface area contributed by atoms with Gasteiger partial charge in [0.2, 0.25) is 0 Å². The zero-order valence-electron chi connectivity index (χ0n) is 13.2. The lowest BCUT2D eigenvalue weighted by atomic mass is 9.68. The van der Waals surface area contributed by atoms with Crippen LogP contribution in [-0.4, -0.2) is 18.3 Å². The molecule has 0 aliphatic heterocycles. The lowest BCUT2D eigenvalue weighted by Gasteiger charge is -2.38. The highest BCUT2D eigenvalue weighted by atomic mass is 16.6. The van der Waals surface area contributed by atoms with Crippen LogP contribution >= 0.6 is 0 Å². The lowest BCUT2D eigenvalue weighted by molar-refractivity contribution is 0.0596. The molecule has 0 heterocycles. The predicted octanol–water partition coefficient (Wildman–Crippen LogP) is 3.27. The maximum atomic E-state index is 9.27. The van der Waals surface area contributed by atoms with Crippen molar-refractivity contribution in [1.29, 1.82) is 0 Å². The summed E-state index contributed by atoms with van der Waals surface area (Å²) in [5, 5.41) is 9.27. The van der Waals surface area contributed by atoms with Gasteiger partial charge in [-0.25, -0.2) is 5.90 Å². The van der Waals surface area contributed by atoms with E-state index in [1.165, 1.54) is 5.56 Å². The Morgan fingerprint density at radius 1 is 1.20 bits per heavy atom. The summed E-state index contributed by atoms with van der Waals surface area (Å²) in [4.78, 5) is 4.99. The van der Waals surface area contributed by atoms with E-state index in [1.54, 1.807) is 0 Å². The molecule has 0 saturated carbocycles. The van der Waals surface area contributed by atoms with Gasteiger partial charge in [-0.3, -0.25) is 0 Å². The molecular formula is C17H29NO2. The number of nitrogens with two attached hydrogens (primary N) is 1. The summed E-state index contributed by atoms with van der Waals surface area (Å²) in [7, 11) is 0. The van der Waals surface area contributed by atoms with E-state index in [2.05, 4.69) is 39.8 Å². The van der Waals surface area contributed by atoms with Crippen LogP contribution in [0.25, 0.3) is 0 Å². The van der Waals surface area contributed by atoms with Gasteiger partial charge in [0.1, 0.15) is 0 Å². The fraction of sp³-hybridized carbons (Fsp3) is 0.647.